The van der Waals surface area contributed by atoms with Gasteiger partial charge in [0, 0.05) is 63.8 Å². The van der Waals surface area contributed by atoms with Crippen molar-refractivity contribution in [1.82, 2.24) is 15.7 Å². The van der Waals surface area contributed by atoms with Gasteiger partial charge in [-0.15, -0.1) is 0 Å². The fourth-order valence-electron chi connectivity index (χ4n) is 6.66. The molecule has 0 bridgehead atoms. The zero-order valence-corrected chi connectivity index (χ0v) is 27.1. The van der Waals surface area contributed by atoms with Gasteiger partial charge in [-0.25, -0.2) is 5.48 Å². The number of hydrogen-bond acceptors (Lipinski definition) is 9. The highest BCUT2D eigenvalue weighted by Gasteiger charge is 2.41. The molecule has 3 fully saturated rings. The maximum absolute atomic E-state index is 12.3. The van der Waals surface area contributed by atoms with Crippen LogP contribution in [0.3, 0.4) is 0 Å². The van der Waals surface area contributed by atoms with Gasteiger partial charge in [-0.2, -0.15) is 0 Å². The molecule has 0 radical (unpaired) electrons. The first kappa shape index (κ1) is 34.2. The van der Waals surface area contributed by atoms with Gasteiger partial charge in [-0.1, -0.05) is 60.7 Å². The Hall–Kier alpha value is -3.68. The van der Waals surface area contributed by atoms with Crippen LogP contribution < -0.4 is 10.8 Å². The van der Waals surface area contributed by atoms with E-state index >= 15 is 0 Å². The van der Waals surface area contributed by atoms with E-state index in [1.54, 1.807) is 5.48 Å². The second-order valence-corrected chi connectivity index (χ2v) is 12.7. The molecule has 48 heavy (non-hydrogen) atoms. The molecule has 2 amide bonds. The molecule has 256 valence electrons. The maximum atomic E-state index is 12.3. The summed E-state index contributed by atoms with van der Waals surface area (Å²) in [6, 6.07) is 24.1. The number of nitrogens with one attached hydrogen (secondary N) is 2. The average Bonchev–Trinajstić information content (AvgIpc) is 3.59. The van der Waals surface area contributed by atoms with Crippen LogP contribution >= 0.6 is 0 Å². The van der Waals surface area contributed by atoms with Crippen molar-refractivity contribution in [2.75, 3.05) is 32.8 Å². The number of benzene rings is 3. The molecule has 3 aliphatic heterocycles. The highest BCUT2D eigenvalue weighted by Crippen LogP contribution is 2.40. The minimum absolute atomic E-state index is 0.00405. The number of nitrogens with zero attached hydrogens (tertiary/aromatic N) is 1. The molecule has 11 nitrogen and oxygen atoms in total. The first-order valence-corrected chi connectivity index (χ1v) is 16.8. The topological polar surface area (TPSA) is 139 Å². The van der Waals surface area contributed by atoms with E-state index in [1.807, 2.05) is 54.6 Å². The van der Waals surface area contributed by atoms with Crippen molar-refractivity contribution in [2.45, 2.75) is 76.0 Å². The number of rotatable bonds is 12. The lowest BCUT2D eigenvalue weighted by molar-refractivity contribution is -0.255. The summed E-state index contributed by atoms with van der Waals surface area (Å²) in [6.45, 7) is 4.23. The molecule has 1 spiro atoms. The number of amides is 2. The summed E-state index contributed by atoms with van der Waals surface area (Å²) < 4.78 is 25.2. The van der Waals surface area contributed by atoms with Gasteiger partial charge in [-0.05, 0) is 46.4 Å². The number of aliphatic hydroxyl groups is 1. The van der Waals surface area contributed by atoms with Crippen LogP contribution in [0.25, 0.3) is 11.1 Å². The van der Waals surface area contributed by atoms with Crippen LogP contribution in [0.4, 0.5) is 0 Å². The Kier molecular flexibility index (Phi) is 11.5. The van der Waals surface area contributed by atoms with E-state index in [0.29, 0.717) is 32.6 Å². The van der Waals surface area contributed by atoms with Crippen LogP contribution in [0.1, 0.15) is 73.2 Å². The van der Waals surface area contributed by atoms with Crippen LogP contribution in [0, 0.1) is 0 Å². The molecule has 4 N–H and O–H groups in total. The van der Waals surface area contributed by atoms with Gasteiger partial charge in [0.15, 0.2) is 12.1 Å². The number of piperidine rings is 1. The Labute approximate surface area is 281 Å². The Balaban J connectivity index is 1.14. The van der Waals surface area contributed by atoms with Gasteiger partial charge >= 0.3 is 0 Å². The first-order chi connectivity index (χ1) is 23.4. The SMILES string of the molecule is O=C(CCCC(=O)NCc1cccc(-c2cccc(C3OC(CN4CCC5(CC4)OCCO5)CC(c4ccc(CO)cc4)O3)c2)c1)NO. The number of carbonyl (C=O) groups is 2. The summed E-state index contributed by atoms with van der Waals surface area (Å²) in [5.74, 6) is -1.08. The molecule has 3 saturated heterocycles. The Morgan fingerprint density at radius 1 is 0.833 bits per heavy atom. The molecule has 3 aromatic rings. The summed E-state index contributed by atoms with van der Waals surface area (Å²) in [4.78, 5) is 25.9. The molecule has 3 unspecified atom stereocenters. The number of ether oxygens (including phenoxy) is 4. The molecule has 0 aliphatic carbocycles. The third kappa shape index (κ3) is 8.86. The molecule has 0 aromatic heterocycles. The monoisotopic (exact) mass is 659 g/mol. The number of likely N-dealkylation sites (tertiary alicyclic amines) is 1. The molecule has 11 heteroatoms. The third-order valence-electron chi connectivity index (χ3n) is 9.35. The Bertz CT molecular complexity index is 1520. The van der Waals surface area contributed by atoms with Crippen molar-refractivity contribution in [3.8, 4) is 11.1 Å². The van der Waals surface area contributed by atoms with Crippen molar-refractivity contribution in [3.63, 3.8) is 0 Å². The molecule has 3 aliphatic rings. The summed E-state index contributed by atoms with van der Waals surface area (Å²) >= 11 is 0. The van der Waals surface area contributed by atoms with E-state index in [1.165, 1.54) is 0 Å². The third-order valence-corrected chi connectivity index (χ3v) is 9.35. The summed E-state index contributed by atoms with van der Waals surface area (Å²) in [5.41, 5.74) is 7.38. The standard InChI is InChI=1S/C37H45N3O8/c41-25-26-10-12-28(13-11-26)33-22-32(24-40-16-14-37(15-17-40)45-18-19-46-37)47-36(48-33)31-7-2-6-30(21-31)29-5-1-4-27(20-29)23-38-34(42)8-3-9-35(43)39-44/h1-2,4-7,10-13,20-21,32-33,36,41,44H,3,8-9,14-19,22-25H2,(H,38,42)(H,39,43). The number of hydrogen-bond donors (Lipinski definition) is 4. The van der Waals surface area contributed by atoms with E-state index in [-0.39, 0.29) is 37.6 Å². The quantitative estimate of drug-likeness (QED) is 0.163. The second kappa shape index (κ2) is 16.1. The van der Waals surface area contributed by atoms with Gasteiger partial charge < -0.3 is 34.3 Å². The molecule has 3 atom stereocenters. The predicted octanol–water partition coefficient (Wildman–Crippen LogP) is 4.52. The highest BCUT2D eigenvalue weighted by atomic mass is 16.7. The van der Waals surface area contributed by atoms with Gasteiger partial charge in [0.2, 0.25) is 11.8 Å². The van der Waals surface area contributed by atoms with E-state index in [4.69, 9.17) is 24.2 Å². The van der Waals surface area contributed by atoms with Crippen molar-refractivity contribution in [1.29, 1.82) is 0 Å². The Morgan fingerprint density at radius 3 is 2.27 bits per heavy atom. The van der Waals surface area contributed by atoms with Crippen molar-refractivity contribution in [3.05, 3.63) is 95.1 Å². The first-order valence-electron chi connectivity index (χ1n) is 16.8. The van der Waals surface area contributed by atoms with Crippen molar-refractivity contribution < 1.29 is 38.9 Å². The molecule has 0 saturated carbocycles. The van der Waals surface area contributed by atoms with Gasteiger partial charge in [0.25, 0.3) is 0 Å². The summed E-state index contributed by atoms with van der Waals surface area (Å²) in [6.07, 6.45) is 2.25. The van der Waals surface area contributed by atoms with Crippen LogP contribution in [-0.4, -0.2) is 71.8 Å². The molecular weight excluding hydrogens is 614 g/mol. The van der Waals surface area contributed by atoms with Crippen LogP contribution in [-0.2, 0) is 41.7 Å². The second-order valence-electron chi connectivity index (χ2n) is 12.7. The normalized spacial score (nSPS) is 22.4. The average molecular weight is 660 g/mol. The lowest BCUT2D eigenvalue weighted by Crippen LogP contribution is -2.48. The lowest BCUT2D eigenvalue weighted by Gasteiger charge is -2.41. The van der Waals surface area contributed by atoms with Crippen molar-refractivity contribution >= 4 is 11.8 Å². The van der Waals surface area contributed by atoms with Gasteiger partial charge in [-0.3, -0.25) is 14.8 Å². The number of carbonyl (C=O) groups excluding carboxylic acids is 2. The molecular formula is C37H45N3O8. The smallest absolute Gasteiger partial charge is 0.243 e. The fourth-order valence-corrected chi connectivity index (χ4v) is 6.66. The molecule has 3 heterocycles. The van der Waals surface area contributed by atoms with Crippen LogP contribution in [0.2, 0.25) is 0 Å². The number of hydroxylamine groups is 1. The van der Waals surface area contributed by atoms with E-state index < -0.39 is 18.0 Å². The zero-order chi connectivity index (χ0) is 33.3. The molecule has 6 rings (SSSR count). The highest BCUT2D eigenvalue weighted by molar-refractivity contribution is 5.78. The summed E-state index contributed by atoms with van der Waals surface area (Å²) in [7, 11) is 0. The minimum Gasteiger partial charge on any atom is -0.392 e. The largest absolute Gasteiger partial charge is 0.392 e. The van der Waals surface area contributed by atoms with Gasteiger partial charge in [0.05, 0.1) is 32.0 Å². The van der Waals surface area contributed by atoms with E-state index in [2.05, 4.69) is 28.4 Å². The van der Waals surface area contributed by atoms with Gasteiger partial charge in [0.1, 0.15) is 0 Å². The fraction of sp³-hybridized carbons (Fsp3) is 0.459. The minimum atomic E-state index is -0.570. The van der Waals surface area contributed by atoms with Crippen molar-refractivity contribution in [2.24, 2.45) is 0 Å². The van der Waals surface area contributed by atoms with E-state index in [9.17, 15) is 14.7 Å². The lowest BCUT2D eigenvalue weighted by atomic mass is 9.97. The predicted molar refractivity (Wildman–Crippen MR) is 176 cm³/mol. The zero-order valence-electron chi connectivity index (χ0n) is 27.1. The van der Waals surface area contributed by atoms with E-state index in [0.717, 1.165) is 65.9 Å². The molecule has 3 aromatic carbocycles. The van der Waals surface area contributed by atoms with Crippen LogP contribution in [0.15, 0.2) is 72.8 Å². The maximum Gasteiger partial charge on any atom is 0.243 e. The van der Waals surface area contributed by atoms with Crippen LogP contribution in [0.5, 0.6) is 0 Å². The Morgan fingerprint density at radius 2 is 1.54 bits per heavy atom. The summed E-state index contributed by atoms with van der Waals surface area (Å²) in [5, 5.41) is 21.1. The number of aliphatic hydroxyl groups excluding tert-OH is 1.